The van der Waals surface area contributed by atoms with Gasteiger partial charge in [-0.1, -0.05) is 18.2 Å². The number of ether oxygens (including phenoxy) is 1. The molecule has 0 aliphatic rings. The summed E-state index contributed by atoms with van der Waals surface area (Å²) in [7, 11) is 1.52. The minimum Gasteiger partial charge on any atom is -0.495 e. The molecule has 0 aliphatic heterocycles. The Balaban J connectivity index is 1.77. The highest BCUT2D eigenvalue weighted by atomic mass is 19.1. The van der Waals surface area contributed by atoms with Crippen molar-refractivity contribution in [2.24, 2.45) is 0 Å². The largest absolute Gasteiger partial charge is 0.495 e. The van der Waals surface area contributed by atoms with Crippen molar-refractivity contribution in [1.82, 2.24) is 15.0 Å². The van der Waals surface area contributed by atoms with Gasteiger partial charge in [-0.25, -0.2) is 4.39 Å². The van der Waals surface area contributed by atoms with Gasteiger partial charge in [0.1, 0.15) is 17.6 Å². The molecule has 3 aromatic heterocycles. The molecule has 31 heavy (non-hydrogen) atoms. The van der Waals surface area contributed by atoms with E-state index >= 15 is 0 Å². The number of aliphatic hydroxyl groups is 1. The third-order valence-corrected chi connectivity index (χ3v) is 5.03. The van der Waals surface area contributed by atoms with Crippen molar-refractivity contribution in [1.29, 1.82) is 0 Å². The number of halogens is 1. The molecule has 0 bridgehead atoms. The van der Waals surface area contributed by atoms with E-state index in [-0.39, 0.29) is 12.4 Å². The van der Waals surface area contributed by atoms with Crippen LogP contribution in [0.4, 0.5) is 10.1 Å². The molecule has 0 saturated carbocycles. The number of pyridine rings is 2. The number of fused-ring (bicyclic) bond motifs is 1. The fourth-order valence-corrected chi connectivity index (χ4v) is 3.57. The van der Waals surface area contributed by atoms with Gasteiger partial charge in [-0.2, -0.15) is 0 Å². The standard InChI is InChI=1S/C23H21FN4O3/c1-31-18-8-17(11-26-12-18)28-22(15-7-16(24)10-25-9-15)23(30)20-13-27-21-14(5-6-29)3-2-4-19(20)21/h2-4,7-13,22,27-29H,5-6H2,1H3. The number of nitrogens with zero attached hydrogens (tertiary/aromatic N) is 2. The average Bonchev–Trinajstić information content (AvgIpc) is 3.22. The van der Waals surface area contributed by atoms with E-state index in [4.69, 9.17) is 4.74 Å². The third-order valence-electron chi connectivity index (χ3n) is 5.03. The van der Waals surface area contributed by atoms with Crippen molar-refractivity contribution in [3.8, 4) is 5.75 Å². The minimum atomic E-state index is -0.905. The van der Waals surface area contributed by atoms with Gasteiger partial charge in [0.2, 0.25) is 0 Å². The van der Waals surface area contributed by atoms with E-state index in [2.05, 4.69) is 20.3 Å². The lowest BCUT2D eigenvalue weighted by Gasteiger charge is -2.19. The van der Waals surface area contributed by atoms with Gasteiger partial charge >= 0.3 is 0 Å². The Bertz CT molecular complexity index is 1220. The summed E-state index contributed by atoms with van der Waals surface area (Å²) in [6.07, 6.45) is 7.76. The Kier molecular flexibility index (Phi) is 5.90. The minimum absolute atomic E-state index is 0.00337. The smallest absolute Gasteiger partial charge is 0.191 e. The Labute approximate surface area is 177 Å². The lowest BCUT2D eigenvalue weighted by atomic mass is 9.97. The van der Waals surface area contributed by atoms with Crippen molar-refractivity contribution in [3.63, 3.8) is 0 Å². The maximum atomic E-state index is 13.9. The molecule has 8 heteroatoms. The number of aliphatic hydroxyl groups excluding tert-OH is 1. The second-order valence-corrected chi connectivity index (χ2v) is 7.01. The van der Waals surface area contributed by atoms with E-state index in [0.717, 1.165) is 22.7 Å². The third kappa shape index (κ3) is 4.24. The fraction of sp³-hybridized carbons (Fsp3) is 0.174. The van der Waals surface area contributed by atoms with Crippen LogP contribution in [0.5, 0.6) is 5.75 Å². The van der Waals surface area contributed by atoms with Crippen molar-refractivity contribution in [2.45, 2.75) is 12.5 Å². The van der Waals surface area contributed by atoms with Crippen LogP contribution >= 0.6 is 0 Å². The second-order valence-electron chi connectivity index (χ2n) is 7.01. The molecular weight excluding hydrogens is 399 g/mol. The van der Waals surface area contributed by atoms with E-state index in [9.17, 15) is 14.3 Å². The number of carbonyl (C=O) groups excluding carboxylic acids is 1. The van der Waals surface area contributed by atoms with Crippen molar-refractivity contribution in [2.75, 3.05) is 19.0 Å². The molecule has 1 atom stereocenters. The SMILES string of the molecule is COc1cncc(NC(C(=O)c2c[nH]c3c(CCO)cccc23)c2cncc(F)c2)c1. The number of carbonyl (C=O) groups is 1. The first kappa shape index (κ1) is 20.5. The second kappa shape index (κ2) is 8.93. The summed E-state index contributed by atoms with van der Waals surface area (Å²) in [5, 5.41) is 13.2. The number of aromatic nitrogens is 3. The van der Waals surface area contributed by atoms with Gasteiger partial charge in [0.05, 0.1) is 31.4 Å². The zero-order valence-corrected chi connectivity index (χ0v) is 16.8. The van der Waals surface area contributed by atoms with Gasteiger partial charge in [0.25, 0.3) is 0 Å². The molecule has 0 radical (unpaired) electrons. The number of hydrogen-bond donors (Lipinski definition) is 3. The molecule has 0 spiro atoms. The summed E-state index contributed by atoms with van der Waals surface area (Å²) in [5.74, 6) is -0.276. The van der Waals surface area contributed by atoms with Gasteiger partial charge in [-0.05, 0) is 18.1 Å². The Hall–Kier alpha value is -3.78. The number of ketones is 1. The molecule has 4 rings (SSSR count). The van der Waals surface area contributed by atoms with E-state index < -0.39 is 11.9 Å². The number of benzene rings is 1. The van der Waals surface area contributed by atoms with Crippen LogP contribution in [-0.2, 0) is 6.42 Å². The molecule has 0 saturated heterocycles. The molecule has 0 aliphatic carbocycles. The summed E-state index contributed by atoms with van der Waals surface area (Å²) < 4.78 is 19.1. The van der Waals surface area contributed by atoms with Gasteiger partial charge in [0, 0.05) is 47.1 Å². The van der Waals surface area contributed by atoms with Crippen LogP contribution in [0, 0.1) is 5.82 Å². The van der Waals surface area contributed by atoms with Crippen LogP contribution in [0.2, 0.25) is 0 Å². The molecule has 158 valence electrons. The zero-order chi connectivity index (χ0) is 21.8. The lowest BCUT2D eigenvalue weighted by molar-refractivity contribution is 0.0971. The number of anilines is 1. The number of hydrogen-bond acceptors (Lipinski definition) is 6. The maximum Gasteiger partial charge on any atom is 0.191 e. The first-order chi connectivity index (χ1) is 15.1. The Morgan fingerprint density at radius 2 is 2.06 bits per heavy atom. The van der Waals surface area contributed by atoms with E-state index in [1.54, 1.807) is 24.7 Å². The molecule has 1 aromatic carbocycles. The van der Waals surface area contributed by atoms with E-state index in [1.807, 2.05) is 18.2 Å². The van der Waals surface area contributed by atoms with Gasteiger partial charge in [-0.3, -0.25) is 14.8 Å². The summed E-state index contributed by atoms with van der Waals surface area (Å²) in [4.78, 5) is 24.8. The predicted molar refractivity (Wildman–Crippen MR) is 115 cm³/mol. The highest BCUT2D eigenvalue weighted by Gasteiger charge is 2.26. The molecule has 3 heterocycles. The van der Waals surface area contributed by atoms with E-state index in [1.165, 1.54) is 19.4 Å². The number of rotatable bonds is 8. The van der Waals surface area contributed by atoms with Gasteiger partial charge in [-0.15, -0.1) is 0 Å². The summed E-state index contributed by atoms with van der Waals surface area (Å²) in [6.45, 7) is 0.00337. The summed E-state index contributed by atoms with van der Waals surface area (Å²) in [6, 6.07) is 7.66. The number of methoxy groups -OCH3 is 1. The van der Waals surface area contributed by atoms with Gasteiger partial charge < -0.3 is 20.1 Å². The fourth-order valence-electron chi connectivity index (χ4n) is 3.57. The average molecular weight is 420 g/mol. The molecule has 4 aromatic rings. The highest BCUT2D eigenvalue weighted by Crippen LogP contribution is 2.29. The summed E-state index contributed by atoms with van der Waals surface area (Å²) in [5.41, 5.74) is 3.08. The van der Waals surface area contributed by atoms with Crippen LogP contribution in [0.15, 0.2) is 61.3 Å². The maximum absolute atomic E-state index is 13.9. The zero-order valence-electron chi connectivity index (χ0n) is 16.8. The number of aromatic amines is 1. The molecule has 0 amide bonds. The van der Waals surface area contributed by atoms with Crippen LogP contribution in [0.1, 0.15) is 27.5 Å². The monoisotopic (exact) mass is 420 g/mol. The van der Waals surface area contributed by atoms with Crippen molar-refractivity contribution >= 4 is 22.4 Å². The van der Waals surface area contributed by atoms with Crippen LogP contribution < -0.4 is 10.1 Å². The number of para-hydroxylation sites is 1. The highest BCUT2D eigenvalue weighted by molar-refractivity contribution is 6.11. The molecule has 3 N–H and O–H groups in total. The molecule has 7 nitrogen and oxygen atoms in total. The number of Topliss-reactive ketones (excluding diaryl/α,β-unsaturated/α-hetero) is 1. The first-order valence-corrected chi connectivity index (χ1v) is 9.70. The predicted octanol–water partition coefficient (Wildman–Crippen LogP) is 3.68. The number of nitrogens with one attached hydrogen (secondary N) is 2. The Morgan fingerprint density at radius 1 is 1.23 bits per heavy atom. The number of H-pyrrole nitrogens is 1. The molecular formula is C23H21FN4O3. The normalized spacial score (nSPS) is 12.0. The van der Waals surface area contributed by atoms with Gasteiger partial charge in [0.15, 0.2) is 5.78 Å². The lowest BCUT2D eigenvalue weighted by Crippen LogP contribution is -2.21. The molecule has 0 fully saturated rings. The van der Waals surface area contributed by atoms with Crippen molar-refractivity contribution < 1.29 is 19.0 Å². The quantitative estimate of drug-likeness (QED) is 0.376. The van der Waals surface area contributed by atoms with Crippen LogP contribution in [0.25, 0.3) is 10.9 Å². The Morgan fingerprint density at radius 3 is 2.84 bits per heavy atom. The summed E-state index contributed by atoms with van der Waals surface area (Å²) >= 11 is 0. The van der Waals surface area contributed by atoms with Crippen LogP contribution in [-0.4, -0.2) is 39.6 Å². The van der Waals surface area contributed by atoms with Crippen molar-refractivity contribution in [3.05, 3.63) is 83.8 Å². The van der Waals surface area contributed by atoms with Crippen LogP contribution in [0.3, 0.4) is 0 Å². The van der Waals surface area contributed by atoms with E-state index in [0.29, 0.717) is 29.0 Å². The first-order valence-electron chi connectivity index (χ1n) is 9.70. The topological polar surface area (TPSA) is 100 Å². The molecule has 1 unspecified atom stereocenters.